The zero-order valence-electron chi connectivity index (χ0n) is 18.2. The fourth-order valence-electron chi connectivity index (χ4n) is 3.30. The predicted octanol–water partition coefficient (Wildman–Crippen LogP) is 2.73. The number of carbonyl (C=O) groups is 2. The highest BCUT2D eigenvalue weighted by Crippen LogP contribution is 2.14. The lowest BCUT2D eigenvalue weighted by molar-refractivity contribution is -0.133. The fourth-order valence-corrected chi connectivity index (χ4v) is 3.30. The van der Waals surface area contributed by atoms with E-state index in [1.807, 2.05) is 43.3 Å². The monoisotopic (exact) mass is 426 g/mol. The SMILES string of the molecule is CCOc1ccc(CN(C)C(=O)COC(=O)c2ccc(CN3CCOCC3)cc2)cc1. The van der Waals surface area contributed by atoms with Gasteiger partial charge < -0.3 is 19.1 Å². The third-order valence-electron chi connectivity index (χ3n) is 5.11. The first-order valence-corrected chi connectivity index (χ1v) is 10.6. The van der Waals surface area contributed by atoms with Gasteiger partial charge in [0.05, 0.1) is 25.4 Å². The van der Waals surface area contributed by atoms with Crippen LogP contribution in [0, 0.1) is 0 Å². The lowest BCUT2D eigenvalue weighted by Crippen LogP contribution is -2.35. The number of amides is 1. The molecule has 1 fully saturated rings. The van der Waals surface area contributed by atoms with Crippen molar-refractivity contribution in [1.82, 2.24) is 9.80 Å². The second kappa shape index (κ2) is 11.5. The van der Waals surface area contributed by atoms with E-state index in [4.69, 9.17) is 14.2 Å². The molecule has 0 radical (unpaired) electrons. The second-order valence-electron chi connectivity index (χ2n) is 7.49. The number of hydrogen-bond acceptors (Lipinski definition) is 6. The molecule has 0 aliphatic carbocycles. The van der Waals surface area contributed by atoms with Crippen molar-refractivity contribution in [3.05, 3.63) is 65.2 Å². The van der Waals surface area contributed by atoms with Crippen molar-refractivity contribution in [3.8, 4) is 5.75 Å². The van der Waals surface area contributed by atoms with Crippen LogP contribution in [0.4, 0.5) is 0 Å². The molecule has 0 spiro atoms. The second-order valence-corrected chi connectivity index (χ2v) is 7.49. The topological polar surface area (TPSA) is 68.3 Å². The summed E-state index contributed by atoms with van der Waals surface area (Å²) in [7, 11) is 1.69. The molecule has 1 aliphatic heterocycles. The molecule has 0 N–H and O–H groups in total. The van der Waals surface area contributed by atoms with Crippen molar-refractivity contribution in [2.24, 2.45) is 0 Å². The summed E-state index contributed by atoms with van der Waals surface area (Å²) in [6.45, 7) is 6.85. The van der Waals surface area contributed by atoms with E-state index < -0.39 is 5.97 Å². The summed E-state index contributed by atoms with van der Waals surface area (Å²) in [5.74, 6) is 0.0389. The normalized spacial score (nSPS) is 14.1. The number of nitrogens with zero attached hydrogens (tertiary/aromatic N) is 2. The minimum absolute atomic E-state index is 0.258. The number of morpholine rings is 1. The molecule has 2 aromatic carbocycles. The first-order chi connectivity index (χ1) is 15.0. The van der Waals surface area contributed by atoms with Crippen LogP contribution in [0.5, 0.6) is 5.75 Å². The van der Waals surface area contributed by atoms with Gasteiger partial charge in [-0.1, -0.05) is 24.3 Å². The summed E-state index contributed by atoms with van der Waals surface area (Å²) < 4.78 is 16.0. The van der Waals surface area contributed by atoms with Crippen molar-refractivity contribution < 1.29 is 23.8 Å². The van der Waals surface area contributed by atoms with Crippen LogP contribution in [0.3, 0.4) is 0 Å². The number of ether oxygens (including phenoxy) is 3. The number of hydrogen-bond donors (Lipinski definition) is 0. The van der Waals surface area contributed by atoms with Gasteiger partial charge in [0.2, 0.25) is 0 Å². The Morgan fingerprint density at radius 1 is 1.00 bits per heavy atom. The van der Waals surface area contributed by atoms with Gasteiger partial charge in [-0.15, -0.1) is 0 Å². The van der Waals surface area contributed by atoms with E-state index in [-0.39, 0.29) is 12.5 Å². The van der Waals surface area contributed by atoms with E-state index in [1.165, 1.54) is 4.90 Å². The fraction of sp³-hybridized carbons (Fsp3) is 0.417. The summed E-state index contributed by atoms with van der Waals surface area (Å²) >= 11 is 0. The third-order valence-corrected chi connectivity index (χ3v) is 5.11. The van der Waals surface area contributed by atoms with E-state index in [0.29, 0.717) is 18.7 Å². The lowest BCUT2D eigenvalue weighted by Gasteiger charge is -2.26. The Kier molecular flexibility index (Phi) is 8.44. The van der Waals surface area contributed by atoms with Crippen molar-refractivity contribution in [1.29, 1.82) is 0 Å². The van der Waals surface area contributed by atoms with E-state index >= 15 is 0 Å². The van der Waals surface area contributed by atoms with Gasteiger partial charge in [-0.3, -0.25) is 9.69 Å². The molecule has 0 atom stereocenters. The van der Waals surface area contributed by atoms with Gasteiger partial charge in [0.1, 0.15) is 5.75 Å². The van der Waals surface area contributed by atoms with Crippen LogP contribution in [-0.4, -0.2) is 68.2 Å². The minimum Gasteiger partial charge on any atom is -0.494 e. The van der Waals surface area contributed by atoms with Crippen LogP contribution in [0.25, 0.3) is 0 Å². The van der Waals surface area contributed by atoms with Gasteiger partial charge in [-0.05, 0) is 42.3 Å². The summed E-state index contributed by atoms with van der Waals surface area (Å²) in [5.41, 5.74) is 2.54. The smallest absolute Gasteiger partial charge is 0.338 e. The number of likely N-dealkylation sites (N-methyl/N-ethyl adjacent to an activating group) is 1. The van der Waals surface area contributed by atoms with Crippen LogP contribution in [0.15, 0.2) is 48.5 Å². The number of rotatable bonds is 9. The standard InChI is InChI=1S/C24H30N2O5/c1-3-30-22-10-6-19(7-11-22)16-25(2)23(27)18-31-24(28)21-8-4-20(5-9-21)17-26-12-14-29-15-13-26/h4-11H,3,12-18H2,1-2H3. The largest absolute Gasteiger partial charge is 0.494 e. The zero-order valence-corrected chi connectivity index (χ0v) is 18.2. The Morgan fingerprint density at radius 2 is 1.65 bits per heavy atom. The van der Waals surface area contributed by atoms with E-state index in [9.17, 15) is 9.59 Å². The third kappa shape index (κ3) is 7.08. The van der Waals surface area contributed by atoms with Gasteiger partial charge in [0, 0.05) is 33.2 Å². The van der Waals surface area contributed by atoms with Crippen LogP contribution < -0.4 is 4.74 Å². The van der Waals surface area contributed by atoms with Gasteiger partial charge in [0.15, 0.2) is 6.61 Å². The first kappa shape index (κ1) is 22.8. The first-order valence-electron chi connectivity index (χ1n) is 10.6. The van der Waals surface area contributed by atoms with Crippen LogP contribution in [0.1, 0.15) is 28.4 Å². The molecule has 2 aromatic rings. The highest BCUT2D eigenvalue weighted by atomic mass is 16.5. The lowest BCUT2D eigenvalue weighted by atomic mass is 10.1. The number of carbonyl (C=O) groups excluding carboxylic acids is 2. The highest BCUT2D eigenvalue weighted by Gasteiger charge is 2.15. The summed E-state index contributed by atoms with van der Waals surface area (Å²) in [6.07, 6.45) is 0. The van der Waals surface area contributed by atoms with E-state index in [1.54, 1.807) is 19.2 Å². The molecule has 0 unspecified atom stereocenters. The summed E-state index contributed by atoms with van der Waals surface area (Å²) in [6, 6.07) is 14.9. The molecular formula is C24H30N2O5. The highest BCUT2D eigenvalue weighted by molar-refractivity contribution is 5.91. The molecule has 1 heterocycles. The van der Waals surface area contributed by atoms with Crippen molar-refractivity contribution in [2.75, 3.05) is 46.6 Å². The molecule has 0 saturated carbocycles. The average molecular weight is 427 g/mol. The number of esters is 1. The molecule has 166 valence electrons. The number of benzene rings is 2. The van der Waals surface area contributed by atoms with Crippen LogP contribution in [-0.2, 0) is 27.4 Å². The predicted molar refractivity (Wildman–Crippen MR) is 117 cm³/mol. The average Bonchev–Trinajstić information content (AvgIpc) is 2.80. The van der Waals surface area contributed by atoms with Crippen molar-refractivity contribution in [2.45, 2.75) is 20.0 Å². The molecule has 1 aliphatic rings. The van der Waals surface area contributed by atoms with Gasteiger partial charge in [-0.2, -0.15) is 0 Å². The van der Waals surface area contributed by atoms with Gasteiger partial charge >= 0.3 is 5.97 Å². The molecule has 7 heteroatoms. The molecule has 3 rings (SSSR count). The summed E-state index contributed by atoms with van der Waals surface area (Å²) in [5, 5.41) is 0. The van der Waals surface area contributed by atoms with Crippen molar-refractivity contribution >= 4 is 11.9 Å². The Bertz CT molecular complexity index is 845. The molecule has 31 heavy (non-hydrogen) atoms. The molecule has 0 aromatic heterocycles. The molecule has 1 amide bonds. The van der Waals surface area contributed by atoms with E-state index in [0.717, 1.165) is 49.7 Å². The Hall–Kier alpha value is -2.90. The molecule has 7 nitrogen and oxygen atoms in total. The van der Waals surface area contributed by atoms with Crippen molar-refractivity contribution in [3.63, 3.8) is 0 Å². The summed E-state index contributed by atoms with van der Waals surface area (Å²) in [4.78, 5) is 28.5. The Balaban J connectivity index is 1.43. The van der Waals surface area contributed by atoms with E-state index in [2.05, 4.69) is 4.90 Å². The molecule has 1 saturated heterocycles. The zero-order chi connectivity index (χ0) is 22.1. The maximum atomic E-state index is 12.3. The molecule has 0 bridgehead atoms. The Morgan fingerprint density at radius 3 is 2.29 bits per heavy atom. The Labute approximate surface area is 183 Å². The van der Waals surface area contributed by atoms with Crippen LogP contribution in [0.2, 0.25) is 0 Å². The van der Waals surface area contributed by atoms with Gasteiger partial charge in [-0.25, -0.2) is 4.79 Å². The van der Waals surface area contributed by atoms with Crippen LogP contribution >= 0.6 is 0 Å². The maximum absolute atomic E-state index is 12.3. The molecular weight excluding hydrogens is 396 g/mol. The van der Waals surface area contributed by atoms with Gasteiger partial charge in [0.25, 0.3) is 5.91 Å². The quantitative estimate of drug-likeness (QED) is 0.575. The maximum Gasteiger partial charge on any atom is 0.338 e. The minimum atomic E-state index is -0.499.